The first-order valence-electron chi connectivity index (χ1n) is 9.83. The Morgan fingerprint density at radius 3 is 2.69 bits per heavy atom. The average molecular weight is 422 g/mol. The van der Waals surface area contributed by atoms with E-state index in [9.17, 15) is 18.0 Å². The van der Waals surface area contributed by atoms with Gasteiger partial charge in [-0.3, -0.25) is 9.59 Å². The van der Waals surface area contributed by atoms with Crippen LogP contribution in [0.4, 0.5) is 0 Å². The zero-order valence-corrected chi connectivity index (χ0v) is 17.9. The van der Waals surface area contributed by atoms with Crippen LogP contribution in [0.3, 0.4) is 0 Å². The summed E-state index contributed by atoms with van der Waals surface area (Å²) in [5.41, 5.74) is 3.60. The molecular formula is C21H27NO6S. The van der Waals surface area contributed by atoms with Gasteiger partial charge in [-0.05, 0) is 37.8 Å². The Morgan fingerprint density at radius 1 is 1.28 bits per heavy atom. The fraction of sp³-hybridized carbons (Fsp3) is 0.524. The van der Waals surface area contributed by atoms with Crippen molar-refractivity contribution in [3.05, 3.63) is 35.1 Å². The molecule has 0 saturated carbocycles. The topological polar surface area (TPSA) is 93.9 Å². The summed E-state index contributed by atoms with van der Waals surface area (Å²) < 4.78 is 34.3. The lowest BCUT2D eigenvalue weighted by Gasteiger charge is -2.27. The van der Waals surface area contributed by atoms with Crippen LogP contribution >= 0.6 is 0 Å². The molecule has 1 saturated heterocycles. The van der Waals surface area contributed by atoms with Crippen LogP contribution < -0.4 is 0 Å². The molecule has 0 bridgehead atoms. The number of hydrogen-bond acceptors (Lipinski definition) is 6. The summed E-state index contributed by atoms with van der Waals surface area (Å²) in [4.78, 5) is 26.4. The van der Waals surface area contributed by atoms with E-state index in [1.165, 1.54) is 4.90 Å². The second kappa shape index (κ2) is 8.57. The smallest absolute Gasteiger partial charge is 0.310 e. The lowest BCUT2D eigenvalue weighted by Crippen LogP contribution is -2.43. The second-order valence-electron chi connectivity index (χ2n) is 7.63. The summed E-state index contributed by atoms with van der Waals surface area (Å²) in [7, 11) is -3.10. The van der Waals surface area contributed by atoms with Gasteiger partial charge in [0.15, 0.2) is 16.4 Å². The van der Waals surface area contributed by atoms with E-state index in [0.717, 1.165) is 22.1 Å². The van der Waals surface area contributed by atoms with Gasteiger partial charge in [-0.1, -0.05) is 19.1 Å². The SMILES string of the molecule is CCCN(C(=O)COC(=O)Cc1coc2c(C)c(C)ccc12)[C@H]1CCS(=O)(=O)C1. The standard InChI is InChI=1S/C21H27NO6S/c1-4-8-22(17-7-9-29(25,26)13-17)19(23)12-27-20(24)10-16-11-28-21-15(3)14(2)5-6-18(16)21/h5-6,11,17H,4,7-10,12-13H2,1-3H3/t17-/m0/s1. The number of carbonyl (C=O) groups is 2. The third-order valence-corrected chi connectivity index (χ3v) is 7.22. The minimum Gasteiger partial charge on any atom is -0.464 e. The number of esters is 1. The van der Waals surface area contributed by atoms with Crippen molar-refractivity contribution in [1.82, 2.24) is 4.90 Å². The Labute approximate surface area is 170 Å². The van der Waals surface area contributed by atoms with E-state index in [0.29, 0.717) is 24.9 Å². The molecule has 2 heterocycles. The number of furan rings is 1. The van der Waals surface area contributed by atoms with E-state index in [-0.39, 0.29) is 36.5 Å². The first kappa shape index (κ1) is 21.4. The number of rotatable bonds is 7. The maximum atomic E-state index is 12.6. The minimum absolute atomic E-state index is 0.00830. The molecule has 1 aliphatic heterocycles. The van der Waals surface area contributed by atoms with Gasteiger partial charge in [0.25, 0.3) is 5.91 Å². The normalized spacial score (nSPS) is 18.1. The van der Waals surface area contributed by atoms with Gasteiger partial charge < -0.3 is 14.1 Å². The van der Waals surface area contributed by atoms with Crippen molar-refractivity contribution in [3.63, 3.8) is 0 Å². The summed E-state index contributed by atoms with van der Waals surface area (Å²) in [6.45, 7) is 5.94. The number of hydrogen-bond donors (Lipinski definition) is 0. The van der Waals surface area contributed by atoms with Crippen LogP contribution in [0.2, 0.25) is 0 Å². The molecule has 1 atom stereocenters. The summed E-state index contributed by atoms with van der Waals surface area (Å²) in [6.07, 6.45) is 2.69. The number of carbonyl (C=O) groups excluding carboxylic acids is 2. The Hall–Kier alpha value is -2.35. The lowest BCUT2D eigenvalue weighted by atomic mass is 10.0. The van der Waals surface area contributed by atoms with E-state index in [2.05, 4.69) is 0 Å². The first-order valence-corrected chi connectivity index (χ1v) is 11.7. The molecule has 2 aromatic rings. The Balaban J connectivity index is 1.61. The number of amides is 1. The van der Waals surface area contributed by atoms with Crippen molar-refractivity contribution in [3.8, 4) is 0 Å². The molecule has 158 valence electrons. The molecule has 1 aliphatic rings. The van der Waals surface area contributed by atoms with Crippen LogP contribution in [-0.2, 0) is 30.6 Å². The summed E-state index contributed by atoms with van der Waals surface area (Å²) in [6, 6.07) is 3.55. The van der Waals surface area contributed by atoms with Crippen molar-refractivity contribution >= 4 is 32.7 Å². The van der Waals surface area contributed by atoms with E-state index >= 15 is 0 Å². The van der Waals surface area contributed by atoms with Crippen LogP contribution in [0.5, 0.6) is 0 Å². The average Bonchev–Trinajstić information content (AvgIpc) is 3.24. The Morgan fingerprint density at radius 2 is 2.03 bits per heavy atom. The summed E-state index contributed by atoms with van der Waals surface area (Å²) in [5.74, 6) is -0.801. The maximum Gasteiger partial charge on any atom is 0.310 e. The summed E-state index contributed by atoms with van der Waals surface area (Å²) >= 11 is 0. The van der Waals surface area contributed by atoms with E-state index in [4.69, 9.17) is 9.15 Å². The first-order chi connectivity index (χ1) is 13.7. The van der Waals surface area contributed by atoms with Gasteiger partial charge in [-0.2, -0.15) is 0 Å². The molecule has 0 aliphatic carbocycles. The molecule has 29 heavy (non-hydrogen) atoms. The van der Waals surface area contributed by atoms with Gasteiger partial charge in [0.1, 0.15) is 5.58 Å². The molecule has 3 rings (SSSR count). The highest BCUT2D eigenvalue weighted by Gasteiger charge is 2.34. The third kappa shape index (κ3) is 4.80. The number of aryl methyl sites for hydroxylation is 2. The van der Waals surface area contributed by atoms with Crippen LogP contribution in [-0.4, -0.2) is 55.9 Å². The highest BCUT2D eigenvalue weighted by Crippen LogP contribution is 2.27. The lowest BCUT2D eigenvalue weighted by molar-refractivity contribution is -0.152. The largest absolute Gasteiger partial charge is 0.464 e. The molecule has 1 aromatic carbocycles. The maximum absolute atomic E-state index is 12.6. The second-order valence-corrected chi connectivity index (χ2v) is 9.86. The van der Waals surface area contributed by atoms with Crippen LogP contribution in [0.25, 0.3) is 11.0 Å². The predicted octanol–water partition coefficient (Wildman–Crippen LogP) is 2.56. The number of nitrogens with zero attached hydrogens (tertiary/aromatic N) is 1. The minimum atomic E-state index is -3.10. The van der Waals surface area contributed by atoms with E-state index in [1.807, 2.05) is 32.9 Å². The molecule has 1 fully saturated rings. The quantitative estimate of drug-likeness (QED) is 0.638. The third-order valence-electron chi connectivity index (χ3n) is 5.47. The van der Waals surface area contributed by atoms with E-state index in [1.54, 1.807) is 6.26 Å². The molecule has 0 N–H and O–H groups in total. The van der Waals surface area contributed by atoms with Crippen LogP contribution in [0.15, 0.2) is 22.8 Å². The number of ether oxygens (including phenoxy) is 1. The van der Waals surface area contributed by atoms with Crippen LogP contribution in [0, 0.1) is 13.8 Å². The van der Waals surface area contributed by atoms with Gasteiger partial charge in [0.05, 0.1) is 24.2 Å². The van der Waals surface area contributed by atoms with Crippen molar-refractivity contribution in [1.29, 1.82) is 0 Å². The highest BCUT2D eigenvalue weighted by molar-refractivity contribution is 7.91. The zero-order valence-electron chi connectivity index (χ0n) is 17.1. The van der Waals surface area contributed by atoms with Gasteiger partial charge >= 0.3 is 5.97 Å². The molecule has 8 heteroatoms. The number of fused-ring (bicyclic) bond motifs is 1. The van der Waals surface area contributed by atoms with Crippen molar-refractivity contribution < 1.29 is 27.2 Å². The van der Waals surface area contributed by atoms with Crippen LogP contribution in [0.1, 0.15) is 36.5 Å². The van der Waals surface area contributed by atoms with Crippen molar-refractivity contribution in [2.45, 2.75) is 46.1 Å². The van der Waals surface area contributed by atoms with Gasteiger partial charge in [-0.15, -0.1) is 0 Å². The predicted molar refractivity (Wildman–Crippen MR) is 109 cm³/mol. The number of benzene rings is 1. The van der Waals surface area contributed by atoms with Gasteiger partial charge in [0.2, 0.25) is 0 Å². The fourth-order valence-corrected chi connectivity index (χ4v) is 5.46. The van der Waals surface area contributed by atoms with Crippen molar-refractivity contribution in [2.75, 3.05) is 24.7 Å². The molecule has 7 nitrogen and oxygen atoms in total. The Kier molecular flexibility index (Phi) is 6.31. The Bertz CT molecular complexity index is 1020. The molecule has 0 unspecified atom stereocenters. The monoisotopic (exact) mass is 421 g/mol. The fourth-order valence-electron chi connectivity index (χ4n) is 3.73. The zero-order chi connectivity index (χ0) is 21.2. The van der Waals surface area contributed by atoms with Gasteiger partial charge in [0, 0.05) is 23.5 Å². The van der Waals surface area contributed by atoms with E-state index < -0.39 is 15.8 Å². The van der Waals surface area contributed by atoms with Gasteiger partial charge in [-0.25, -0.2) is 8.42 Å². The number of sulfone groups is 1. The summed E-state index contributed by atoms with van der Waals surface area (Å²) in [5, 5.41) is 0.861. The highest BCUT2D eigenvalue weighted by atomic mass is 32.2. The van der Waals surface area contributed by atoms with Crippen molar-refractivity contribution in [2.24, 2.45) is 0 Å². The molecule has 0 radical (unpaired) electrons. The molecule has 0 spiro atoms. The molecule has 1 aromatic heterocycles. The molecular weight excluding hydrogens is 394 g/mol. The molecule has 1 amide bonds.